The number of likely N-dealkylation sites (tertiary alicyclic amines) is 1. The van der Waals surface area contributed by atoms with Crippen molar-refractivity contribution >= 4 is 0 Å². The van der Waals surface area contributed by atoms with Gasteiger partial charge in [0.15, 0.2) is 0 Å². The van der Waals surface area contributed by atoms with Gasteiger partial charge in [0.25, 0.3) is 0 Å². The van der Waals surface area contributed by atoms with Crippen molar-refractivity contribution in [3.05, 3.63) is 0 Å². The molecule has 15 heavy (non-hydrogen) atoms. The van der Waals surface area contributed by atoms with Crippen molar-refractivity contribution in [2.45, 2.75) is 39.2 Å². The molecule has 0 aromatic heterocycles. The lowest BCUT2D eigenvalue weighted by Crippen LogP contribution is -2.48. The minimum absolute atomic E-state index is 0.768. The van der Waals surface area contributed by atoms with Crippen molar-refractivity contribution in [1.82, 2.24) is 4.90 Å². The smallest absolute Gasteiger partial charge is 0.0511 e. The fraction of sp³-hybridized carbons (Fsp3) is 1.00. The second-order valence-electron chi connectivity index (χ2n) is 5.68. The Bertz CT molecular complexity index is 207. The zero-order chi connectivity index (χ0) is 10.8. The quantitative estimate of drug-likeness (QED) is 0.660. The summed E-state index contributed by atoms with van der Waals surface area (Å²) in [6, 6.07) is 0.768. The minimum atomic E-state index is 0.768. The van der Waals surface area contributed by atoms with Crippen LogP contribution in [0.5, 0.6) is 0 Å². The second kappa shape index (κ2) is 4.84. The number of nitrogens with zero attached hydrogens (tertiary/aromatic N) is 1. The third-order valence-electron chi connectivity index (χ3n) is 4.44. The summed E-state index contributed by atoms with van der Waals surface area (Å²) in [4.78, 5) is 2.57. The van der Waals surface area contributed by atoms with E-state index in [2.05, 4.69) is 25.8 Å². The van der Waals surface area contributed by atoms with E-state index in [0.717, 1.165) is 37.0 Å². The first-order chi connectivity index (χ1) is 7.18. The maximum Gasteiger partial charge on any atom is 0.0511 e. The maximum atomic E-state index is 5.66. The highest BCUT2D eigenvalue weighted by Gasteiger charge is 2.35. The zero-order valence-corrected chi connectivity index (χ0v) is 10.4. The van der Waals surface area contributed by atoms with Gasteiger partial charge in [-0.3, -0.25) is 0 Å². The van der Waals surface area contributed by atoms with E-state index in [1.54, 1.807) is 0 Å². The van der Waals surface area contributed by atoms with E-state index in [0.29, 0.717) is 0 Å². The number of rotatable bonds is 1. The lowest BCUT2D eigenvalue weighted by molar-refractivity contribution is -0.0314. The van der Waals surface area contributed by atoms with Crippen molar-refractivity contribution in [3.63, 3.8) is 0 Å². The summed E-state index contributed by atoms with van der Waals surface area (Å²) in [7, 11) is 2.29. The van der Waals surface area contributed by atoms with Crippen LogP contribution in [0.4, 0.5) is 0 Å². The average molecular weight is 211 g/mol. The standard InChI is InChI=1S/C13H25NO/c1-10-4-6-14(3)13(8-10)12-9-15-7-5-11(12)2/h10-13H,4-9H2,1-3H3. The van der Waals surface area contributed by atoms with Gasteiger partial charge in [-0.25, -0.2) is 0 Å². The molecule has 0 amide bonds. The summed E-state index contributed by atoms with van der Waals surface area (Å²) in [5.41, 5.74) is 0. The molecule has 2 fully saturated rings. The molecule has 88 valence electrons. The van der Waals surface area contributed by atoms with Crippen LogP contribution in [-0.4, -0.2) is 37.7 Å². The molecule has 2 aliphatic heterocycles. The van der Waals surface area contributed by atoms with Gasteiger partial charge in [-0.1, -0.05) is 13.8 Å². The molecule has 0 bridgehead atoms. The second-order valence-corrected chi connectivity index (χ2v) is 5.68. The van der Waals surface area contributed by atoms with Crippen LogP contribution in [0.1, 0.15) is 33.1 Å². The molecule has 2 nitrogen and oxygen atoms in total. The lowest BCUT2D eigenvalue weighted by Gasteiger charge is -2.44. The summed E-state index contributed by atoms with van der Waals surface area (Å²) >= 11 is 0. The van der Waals surface area contributed by atoms with Gasteiger partial charge in [-0.05, 0) is 44.7 Å². The molecule has 0 aromatic rings. The van der Waals surface area contributed by atoms with Crippen LogP contribution in [0.3, 0.4) is 0 Å². The maximum absolute atomic E-state index is 5.66. The molecule has 0 aromatic carbocycles. The Hall–Kier alpha value is -0.0800. The van der Waals surface area contributed by atoms with Crippen molar-refractivity contribution in [2.24, 2.45) is 17.8 Å². The fourth-order valence-electron chi connectivity index (χ4n) is 3.16. The van der Waals surface area contributed by atoms with Crippen LogP contribution in [-0.2, 0) is 4.74 Å². The predicted molar refractivity (Wildman–Crippen MR) is 62.9 cm³/mol. The van der Waals surface area contributed by atoms with Gasteiger partial charge < -0.3 is 9.64 Å². The molecule has 2 saturated heterocycles. The summed E-state index contributed by atoms with van der Waals surface area (Å²) in [5, 5.41) is 0. The molecule has 0 radical (unpaired) electrons. The Morgan fingerprint density at radius 2 is 2.00 bits per heavy atom. The molecule has 2 heteroatoms. The van der Waals surface area contributed by atoms with Crippen LogP contribution in [0.15, 0.2) is 0 Å². The molecule has 0 saturated carbocycles. The van der Waals surface area contributed by atoms with Crippen LogP contribution >= 0.6 is 0 Å². The minimum Gasteiger partial charge on any atom is -0.381 e. The van der Waals surface area contributed by atoms with E-state index in [1.165, 1.54) is 25.8 Å². The van der Waals surface area contributed by atoms with Gasteiger partial charge >= 0.3 is 0 Å². The molecule has 4 unspecified atom stereocenters. The van der Waals surface area contributed by atoms with Gasteiger partial charge in [0, 0.05) is 18.6 Å². The molecule has 4 atom stereocenters. The summed E-state index contributed by atoms with van der Waals surface area (Å²) in [5.74, 6) is 2.52. The monoisotopic (exact) mass is 211 g/mol. The lowest BCUT2D eigenvalue weighted by atomic mass is 9.78. The van der Waals surface area contributed by atoms with E-state index in [-0.39, 0.29) is 0 Å². The Balaban J connectivity index is 1.99. The summed E-state index contributed by atoms with van der Waals surface area (Å²) in [6.45, 7) is 8.04. The van der Waals surface area contributed by atoms with Crippen LogP contribution < -0.4 is 0 Å². The van der Waals surface area contributed by atoms with Crippen molar-refractivity contribution in [2.75, 3.05) is 26.8 Å². The average Bonchev–Trinajstić information content (AvgIpc) is 2.23. The molecule has 0 aliphatic carbocycles. The van der Waals surface area contributed by atoms with Crippen molar-refractivity contribution in [1.29, 1.82) is 0 Å². The highest BCUT2D eigenvalue weighted by atomic mass is 16.5. The van der Waals surface area contributed by atoms with E-state index in [4.69, 9.17) is 4.74 Å². The van der Waals surface area contributed by atoms with Gasteiger partial charge in [-0.15, -0.1) is 0 Å². The highest BCUT2D eigenvalue weighted by Crippen LogP contribution is 2.33. The molecular weight excluding hydrogens is 186 g/mol. The van der Waals surface area contributed by atoms with Crippen LogP contribution in [0.2, 0.25) is 0 Å². The Morgan fingerprint density at radius 3 is 2.73 bits per heavy atom. The number of ether oxygens (including phenoxy) is 1. The number of piperidine rings is 1. The van der Waals surface area contributed by atoms with Gasteiger partial charge in [0.2, 0.25) is 0 Å². The SMILES string of the molecule is CC1CCN(C)C(C2COCCC2C)C1. The molecule has 2 heterocycles. The normalized spacial score (nSPS) is 44.2. The molecule has 2 rings (SSSR count). The number of hydrogen-bond donors (Lipinski definition) is 0. The van der Waals surface area contributed by atoms with E-state index in [1.807, 2.05) is 0 Å². The third kappa shape index (κ3) is 2.54. The largest absolute Gasteiger partial charge is 0.381 e. The summed E-state index contributed by atoms with van der Waals surface area (Å²) < 4.78 is 5.66. The topological polar surface area (TPSA) is 12.5 Å². The first-order valence-electron chi connectivity index (χ1n) is 6.46. The first kappa shape index (κ1) is 11.4. The zero-order valence-electron chi connectivity index (χ0n) is 10.4. The van der Waals surface area contributed by atoms with Crippen LogP contribution in [0.25, 0.3) is 0 Å². The Labute approximate surface area is 94.0 Å². The Kier molecular flexibility index (Phi) is 3.68. The molecule has 0 spiro atoms. The highest BCUT2D eigenvalue weighted by molar-refractivity contribution is 4.87. The first-order valence-corrected chi connectivity index (χ1v) is 6.46. The molecular formula is C13H25NO. The summed E-state index contributed by atoms with van der Waals surface area (Å²) in [6.07, 6.45) is 3.99. The van der Waals surface area contributed by atoms with Gasteiger partial charge in [0.1, 0.15) is 0 Å². The van der Waals surface area contributed by atoms with E-state index < -0.39 is 0 Å². The van der Waals surface area contributed by atoms with Crippen LogP contribution in [0, 0.1) is 17.8 Å². The Morgan fingerprint density at radius 1 is 1.20 bits per heavy atom. The van der Waals surface area contributed by atoms with E-state index in [9.17, 15) is 0 Å². The van der Waals surface area contributed by atoms with Crippen molar-refractivity contribution in [3.8, 4) is 0 Å². The molecule has 2 aliphatic rings. The molecule has 0 N–H and O–H groups in total. The third-order valence-corrected chi connectivity index (χ3v) is 4.44. The predicted octanol–water partition coefficient (Wildman–Crippen LogP) is 2.39. The van der Waals surface area contributed by atoms with Gasteiger partial charge in [-0.2, -0.15) is 0 Å². The van der Waals surface area contributed by atoms with Crippen molar-refractivity contribution < 1.29 is 4.74 Å². The van der Waals surface area contributed by atoms with Gasteiger partial charge in [0.05, 0.1) is 6.61 Å². The fourth-order valence-corrected chi connectivity index (χ4v) is 3.16. The number of hydrogen-bond acceptors (Lipinski definition) is 2. The van der Waals surface area contributed by atoms with E-state index >= 15 is 0 Å².